The number of nitrogens with zero attached hydrogens (tertiary/aromatic N) is 1. The summed E-state index contributed by atoms with van der Waals surface area (Å²) in [5.74, 6) is 0.249. The molecule has 1 unspecified atom stereocenters. The van der Waals surface area contributed by atoms with Gasteiger partial charge in [0.05, 0.1) is 15.1 Å². The van der Waals surface area contributed by atoms with Crippen molar-refractivity contribution in [3.05, 3.63) is 74.0 Å². The van der Waals surface area contributed by atoms with Crippen LogP contribution in [-0.2, 0) is 4.79 Å². The van der Waals surface area contributed by atoms with Gasteiger partial charge in [0.2, 0.25) is 5.91 Å². The van der Waals surface area contributed by atoms with Gasteiger partial charge in [0, 0.05) is 35.8 Å². The molecule has 2 N–H and O–H groups in total. The average Bonchev–Trinajstić information content (AvgIpc) is 3.26. The van der Waals surface area contributed by atoms with E-state index in [1.165, 1.54) is 17.4 Å². The first-order valence-corrected chi connectivity index (χ1v) is 14.9. The van der Waals surface area contributed by atoms with Gasteiger partial charge in [0.1, 0.15) is 4.88 Å². The van der Waals surface area contributed by atoms with E-state index in [1.54, 1.807) is 18.2 Å². The van der Waals surface area contributed by atoms with Crippen LogP contribution < -0.4 is 10.6 Å². The molecule has 1 atom stereocenters. The van der Waals surface area contributed by atoms with E-state index in [-0.39, 0.29) is 11.8 Å². The van der Waals surface area contributed by atoms with Gasteiger partial charge in [-0.1, -0.05) is 65.5 Å². The summed E-state index contributed by atoms with van der Waals surface area (Å²) < 4.78 is 1.03. The Bertz CT molecular complexity index is 1290. The molecule has 2 heterocycles. The van der Waals surface area contributed by atoms with Crippen molar-refractivity contribution in [2.75, 3.05) is 32.7 Å². The van der Waals surface area contributed by atoms with Crippen LogP contribution in [0.2, 0.25) is 15.1 Å². The van der Waals surface area contributed by atoms with Crippen molar-refractivity contribution >= 4 is 74.1 Å². The summed E-state index contributed by atoms with van der Waals surface area (Å²) in [5.41, 5.74) is 0.831. The minimum Gasteiger partial charge on any atom is -0.353 e. The van der Waals surface area contributed by atoms with Crippen molar-refractivity contribution in [3.8, 4) is 0 Å². The smallest absolute Gasteiger partial charge is 0.262 e. The van der Waals surface area contributed by atoms with E-state index in [2.05, 4.69) is 15.5 Å². The van der Waals surface area contributed by atoms with Gasteiger partial charge < -0.3 is 15.5 Å². The normalized spacial score (nSPS) is 16.2. The van der Waals surface area contributed by atoms with Gasteiger partial charge in [-0.15, -0.1) is 11.3 Å². The summed E-state index contributed by atoms with van der Waals surface area (Å²) in [6.45, 7) is 4.46. The van der Waals surface area contributed by atoms with E-state index in [0.717, 1.165) is 67.4 Å². The Labute approximate surface area is 243 Å². The number of nitrogens with one attached hydrogen (secondary N) is 2. The molecule has 1 fully saturated rings. The van der Waals surface area contributed by atoms with Crippen LogP contribution in [0.3, 0.4) is 0 Å². The van der Waals surface area contributed by atoms with Crippen molar-refractivity contribution in [1.29, 1.82) is 0 Å². The van der Waals surface area contributed by atoms with Crippen LogP contribution in [0.5, 0.6) is 0 Å². The average molecular weight is 593 g/mol. The molecule has 1 aliphatic heterocycles. The number of hydrogen-bond donors (Lipinski definition) is 2. The summed E-state index contributed by atoms with van der Waals surface area (Å²) in [6.07, 6.45) is 8.59. The van der Waals surface area contributed by atoms with E-state index >= 15 is 0 Å². The number of unbranched alkanes of at least 4 members (excludes halogenated alkanes) is 2. The molecule has 2 amide bonds. The van der Waals surface area contributed by atoms with Crippen molar-refractivity contribution in [1.82, 2.24) is 15.5 Å². The third kappa shape index (κ3) is 8.20. The van der Waals surface area contributed by atoms with Crippen LogP contribution in [0.1, 0.15) is 47.3 Å². The van der Waals surface area contributed by atoms with Crippen LogP contribution in [-0.4, -0.2) is 49.4 Å². The van der Waals surface area contributed by atoms with E-state index in [1.807, 2.05) is 30.3 Å². The van der Waals surface area contributed by atoms with E-state index in [4.69, 9.17) is 34.8 Å². The lowest BCUT2D eigenvalue weighted by atomic mass is 9.97. The summed E-state index contributed by atoms with van der Waals surface area (Å²) in [7, 11) is 0. The van der Waals surface area contributed by atoms with Crippen molar-refractivity contribution < 1.29 is 9.59 Å². The van der Waals surface area contributed by atoms with E-state index in [0.29, 0.717) is 39.0 Å². The Morgan fingerprint density at radius 3 is 2.68 bits per heavy atom. The van der Waals surface area contributed by atoms with Crippen LogP contribution >= 0.6 is 46.1 Å². The van der Waals surface area contributed by atoms with Gasteiger partial charge in [-0.2, -0.15) is 0 Å². The first-order chi connectivity index (χ1) is 18.4. The quantitative estimate of drug-likeness (QED) is 0.181. The van der Waals surface area contributed by atoms with Crippen molar-refractivity contribution in [2.24, 2.45) is 5.92 Å². The van der Waals surface area contributed by atoms with Crippen LogP contribution in [0.4, 0.5) is 0 Å². The molecular formula is C29H32Cl3N3O2S. The number of likely N-dealkylation sites (tertiary alicyclic amines) is 1. The lowest BCUT2D eigenvalue weighted by Gasteiger charge is -2.32. The molecule has 0 aliphatic carbocycles. The number of carbonyl (C=O) groups excluding carboxylic acids is 2. The largest absolute Gasteiger partial charge is 0.353 e. The van der Waals surface area contributed by atoms with Gasteiger partial charge in [0.25, 0.3) is 5.91 Å². The van der Waals surface area contributed by atoms with Gasteiger partial charge in [0.15, 0.2) is 0 Å². The van der Waals surface area contributed by atoms with Gasteiger partial charge in [-0.25, -0.2) is 0 Å². The summed E-state index contributed by atoms with van der Waals surface area (Å²) >= 11 is 19.8. The Morgan fingerprint density at radius 2 is 1.87 bits per heavy atom. The number of piperidine rings is 1. The number of carbonyl (C=O) groups is 2. The highest BCUT2D eigenvalue weighted by atomic mass is 35.5. The molecule has 1 aliphatic rings. The SMILES string of the molecule is O=C(/C=C/c1ccc(Cl)c(Cl)c1)NCCCCCN1CCCC(CNC(=O)c2sc3ccccc3c2Cl)C1. The molecule has 202 valence electrons. The van der Waals surface area contributed by atoms with Gasteiger partial charge in [-0.3, -0.25) is 9.59 Å². The Hall–Kier alpha value is -2.09. The van der Waals surface area contributed by atoms with Crippen molar-refractivity contribution in [3.63, 3.8) is 0 Å². The number of benzene rings is 2. The molecule has 1 aromatic heterocycles. The summed E-state index contributed by atoms with van der Waals surface area (Å²) in [5, 5.41) is 8.49. The molecular weight excluding hydrogens is 561 g/mol. The monoisotopic (exact) mass is 591 g/mol. The number of rotatable bonds is 11. The maximum Gasteiger partial charge on any atom is 0.262 e. The summed E-state index contributed by atoms with van der Waals surface area (Å²) in [4.78, 5) is 27.9. The molecule has 2 aromatic carbocycles. The van der Waals surface area contributed by atoms with E-state index < -0.39 is 0 Å². The topological polar surface area (TPSA) is 61.4 Å². The fraction of sp³-hybridized carbons (Fsp3) is 0.379. The lowest BCUT2D eigenvalue weighted by molar-refractivity contribution is -0.116. The molecule has 9 heteroatoms. The van der Waals surface area contributed by atoms with Gasteiger partial charge in [-0.05, 0) is 74.5 Å². The Morgan fingerprint density at radius 1 is 1.03 bits per heavy atom. The molecule has 0 radical (unpaired) electrons. The van der Waals surface area contributed by atoms with Gasteiger partial charge >= 0.3 is 0 Å². The van der Waals surface area contributed by atoms with Crippen LogP contribution in [0, 0.1) is 5.92 Å². The molecule has 0 spiro atoms. The molecule has 3 aromatic rings. The predicted octanol–water partition coefficient (Wildman–Crippen LogP) is 7.30. The zero-order chi connectivity index (χ0) is 26.9. The Kier molecular flexibility index (Phi) is 10.9. The number of hydrogen-bond acceptors (Lipinski definition) is 4. The summed E-state index contributed by atoms with van der Waals surface area (Å²) in [6, 6.07) is 13.1. The van der Waals surface area contributed by atoms with E-state index in [9.17, 15) is 9.59 Å². The highest BCUT2D eigenvalue weighted by Gasteiger charge is 2.22. The van der Waals surface area contributed by atoms with Crippen LogP contribution in [0.15, 0.2) is 48.5 Å². The molecule has 4 rings (SSSR count). The Balaban J connectivity index is 1.10. The number of thiophene rings is 1. The second kappa shape index (κ2) is 14.3. The second-order valence-corrected chi connectivity index (χ2v) is 11.9. The lowest BCUT2D eigenvalue weighted by Crippen LogP contribution is -2.41. The third-order valence-corrected chi connectivity index (χ3v) is 9.13. The standard InChI is InChI=1S/C29H32Cl3N3O2S/c30-23-12-10-20(17-24(23)31)11-13-26(36)33-14-4-1-5-15-35-16-6-7-21(19-35)18-34-29(37)28-27(32)22-8-2-3-9-25(22)38-28/h2-3,8-13,17,21H,1,4-7,14-16,18-19H2,(H,33,36)(H,34,37)/b13-11+. The minimum atomic E-state index is -0.117. The fourth-order valence-electron chi connectivity index (χ4n) is 4.69. The maximum atomic E-state index is 12.8. The van der Waals surface area contributed by atoms with Crippen molar-refractivity contribution in [2.45, 2.75) is 32.1 Å². The second-order valence-electron chi connectivity index (χ2n) is 9.62. The molecule has 38 heavy (non-hydrogen) atoms. The number of halogens is 3. The van der Waals surface area contributed by atoms with Crippen LogP contribution in [0.25, 0.3) is 16.2 Å². The molecule has 0 bridgehead atoms. The number of fused-ring (bicyclic) bond motifs is 1. The molecule has 0 saturated carbocycles. The highest BCUT2D eigenvalue weighted by molar-refractivity contribution is 7.21. The minimum absolute atomic E-state index is 0.0813. The third-order valence-electron chi connectivity index (χ3n) is 6.72. The predicted molar refractivity (Wildman–Crippen MR) is 161 cm³/mol. The first kappa shape index (κ1) is 28.9. The number of amides is 2. The highest BCUT2D eigenvalue weighted by Crippen LogP contribution is 2.35. The fourth-order valence-corrected chi connectivity index (χ4v) is 6.43. The zero-order valence-electron chi connectivity index (χ0n) is 21.2. The molecule has 1 saturated heterocycles. The zero-order valence-corrected chi connectivity index (χ0v) is 24.2. The molecule has 5 nitrogen and oxygen atoms in total. The first-order valence-electron chi connectivity index (χ1n) is 13.0. The maximum absolute atomic E-state index is 12.8.